The highest BCUT2D eigenvalue weighted by molar-refractivity contribution is 5.99. The molecule has 1 aromatic carbocycles. The van der Waals surface area contributed by atoms with E-state index in [0.29, 0.717) is 6.54 Å². The summed E-state index contributed by atoms with van der Waals surface area (Å²) in [6.07, 6.45) is 0.0275. The third-order valence-electron chi connectivity index (χ3n) is 3.15. The molecular weight excluding hydrogens is 232 g/mol. The first-order valence-electron chi connectivity index (χ1n) is 5.88. The Bertz CT molecular complexity index is 485. The summed E-state index contributed by atoms with van der Waals surface area (Å²) in [6.45, 7) is 2.03. The van der Waals surface area contributed by atoms with Gasteiger partial charge in [0.2, 0.25) is 5.91 Å². The lowest BCUT2D eigenvalue weighted by molar-refractivity contribution is -0.137. The number of carboxylic acids is 1. The Balaban J connectivity index is 2.33. The molecule has 0 fully saturated rings. The molecule has 0 bridgehead atoms. The number of anilines is 1. The lowest BCUT2D eigenvalue weighted by Crippen LogP contribution is -2.41. The highest BCUT2D eigenvalue weighted by Gasteiger charge is 2.34. The third kappa shape index (κ3) is 2.22. The number of fused-ring (bicyclic) bond motifs is 1. The fraction of sp³-hybridized carbons (Fsp3) is 0.385. The van der Waals surface area contributed by atoms with Crippen molar-refractivity contribution in [3.8, 4) is 0 Å². The van der Waals surface area contributed by atoms with E-state index in [1.54, 1.807) is 11.8 Å². The number of carbonyl (C=O) groups excluding carboxylic acids is 1. The topological polar surface area (TPSA) is 83.6 Å². The fourth-order valence-corrected chi connectivity index (χ4v) is 2.34. The van der Waals surface area contributed by atoms with Gasteiger partial charge < -0.3 is 15.7 Å². The Morgan fingerprint density at radius 3 is 2.78 bits per heavy atom. The summed E-state index contributed by atoms with van der Waals surface area (Å²) in [6, 6.07) is 6.81. The first-order chi connectivity index (χ1) is 8.50. The molecule has 0 spiro atoms. The van der Waals surface area contributed by atoms with Crippen molar-refractivity contribution in [2.75, 3.05) is 11.4 Å². The van der Waals surface area contributed by atoms with Gasteiger partial charge in [0.05, 0.1) is 12.5 Å². The fourth-order valence-electron chi connectivity index (χ4n) is 2.34. The van der Waals surface area contributed by atoms with Crippen LogP contribution in [-0.4, -0.2) is 29.6 Å². The molecule has 0 saturated heterocycles. The van der Waals surface area contributed by atoms with E-state index in [1.165, 1.54) is 0 Å². The summed E-state index contributed by atoms with van der Waals surface area (Å²) in [5.41, 5.74) is 7.31. The van der Waals surface area contributed by atoms with Gasteiger partial charge in [-0.05, 0) is 18.6 Å². The molecule has 0 saturated carbocycles. The normalized spacial score (nSPS) is 19.4. The summed E-state index contributed by atoms with van der Waals surface area (Å²) in [5, 5.41) is 8.91. The molecule has 0 aromatic heterocycles. The van der Waals surface area contributed by atoms with Crippen LogP contribution in [0.3, 0.4) is 0 Å². The average Bonchev–Trinajstić information content (AvgIpc) is 2.67. The number of nitrogens with zero attached hydrogens (tertiary/aromatic N) is 1. The molecule has 2 unspecified atom stereocenters. The summed E-state index contributed by atoms with van der Waals surface area (Å²) >= 11 is 0. The zero-order valence-electron chi connectivity index (χ0n) is 10.2. The van der Waals surface area contributed by atoms with Crippen LogP contribution in [0.4, 0.5) is 5.69 Å². The van der Waals surface area contributed by atoms with Crippen LogP contribution < -0.4 is 10.6 Å². The second-order valence-corrected chi connectivity index (χ2v) is 4.59. The van der Waals surface area contributed by atoms with Crippen molar-refractivity contribution in [2.45, 2.75) is 25.3 Å². The highest BCUT2D eigenvalue weighted by atomic mass is 16.4. The Kier molecular flexibility index (Phi) is 3.34. The van der Waals surface area contributed by atoms with Gasteiger partial charge in [-0.3, -0.25) is 9.59 Å². The van der Waals surface area contributed by atoms with E-state index in [-0.39, 0.29) is 18.2 Å². The molecule has 5 nitrogen and oxygen atoms in total. The Labute approximate surface area is 105 Å². The Morgan fingerprint density at radius 2 is 2.17 bits per heavy atom. The molecule has 1 aromatic rings. The van der Waals surface area contributed by atoms with Crippen LogP contribution >= 0.6 is 0 Å². The second-order valence-electron chi connectivity index (χ2n) is 4.59. The smallest absolute Gasteiger partial charge is 0.304 e. The number of aliphatic carboxylic acids is 1. The van der Waals surface area contributed by atoms with Gasteiger partial charge >= 0.3 is 5.97 Å². The number of carboxylic acid groups (broad SMARTS) is 1. The Hall–Kier alpha value is -1.88. The van der Waals surface area contributed by atoms with E-state index in [1.807, 2.05) is 24.3 Å². The first kappa shape index (κ1) is 12.6. The van der Waals surface area contributed by atoms with Crippen molar-refractivity contribution in [3.05, 3.63) is 29.8 Å². The molecule has 5 heteroatoms. The maximum Gasteiger partial charge on any atom is 0.304 e. The van der Waals surface area contributed by atoms with Crippen LogP contribution in [0.1, 0.15) is 24.8 Å². The van der Waals surface area contributed by atoms with E-state index < -0.39 is 12.0 Å². The number of carbonyl (C=O) groups is 2. The molecule has 3 N–H and O–H groups in total. The van der Waals surface area contributed by atoms with E-state index in [9.17, 15) is 9.59 Å². The Morgan fingerprint density at radius 1 is 1.50 bits per heavy atom. The van der Waals surface area contributed by atoms with Gasteiger partial charge in [-0.15, -0.1) is 0 Å². The molecule has 0 aliphatic carbocycles. The van der Waals surface area contributed by atoms with Crippen molar-refractivity contribution < 1.29 is 14.7 Å². The third-order valence-corrected chi connectivity index (χ3v) is 3.15. The predicted molar refractivity (Wildman–Crippen MR) is 67.4 cm³/mol. The van der Waals surface area contributed by atoms with E-state index in [2.05, 4.69) is 0 Å². The number of hydrogen-bond acceptors (Lipinski definition) is 3. The largest absolute Gasteiger partial charge is 0.481 e. The van der Waals surface area contributed by atoms with Crippen LogP contribution in [0.25, 0.3) is 0 Å². The molecule has 1 amide bonds. The minimum Gasteiger partial charge on any atom is -0.481 e. The zero-order valence-corrected chi connectivity index (χ0v) is 10.2. The van der Waals surface area contributed by atoms with Crippen LogP contribution in [0, 0.1) is 0 Å². The second kappa shape index (κ2) is 4.78. The number of amides is 1. The first-order valence-corrected chi connectivity index (χ1v) is 5.88. The van der Waals surface area contributed by atoms with Crippen LogP contribution in [0.15, 0.2) is 24.3 Å². The van der Waals surface area contributed by atoms with Crippen molar-refractivity contribution in [3.63, 3.8) is 0 Å². The molecule has 0 radical (unpaired) electrons. The molecular formula is C13H16N2O3. The van der Waals surface area contributed by atoms with Crippen molar-refractivity contribution in [2.24, 2.45) is 5.73 Å². The van der Waals surface area contributed by atoms with Crippen molar-refractivity contribution >= 4 is 17.6 Å². The van der Waals surface area contributed by atoms with Gasteiger partial charge in [0.15, 0.2) is 0 Å². The number of para-hydroxylation sites is 1. The van der Waals surface area contributed by atoms with Gasteiger partial charge in [-0.25, -0.2) is 0 Å². The quantitative estimate of drug-likeness (QED) is 0.833. The summed E-state index contributed by atoms with van der Waals surface area (Å²) in [7, 11) is 0. The highest BCUT2D eigenvalue weighted by Crippen LogP contribution is 2.38. The number of benzene rings is 1. The average molecular weight is 248 g/mol. The number of hydrogen-bond donors (Lipinski definition) is 2. The maximum absolute atomic E-state index is 12.0. The standard InChI is InChI=1S/C13H16N2O3/c1-8(14)13(18)15-7-9(6-12(16)17)10-4-2-3-5-11(10)15/h2-5,8-9H,6-7,14H2,1H3,(H,16,17). The molecule has 1 aliphatic heterocycles. The van der Waals surface area contributed by atoms with Crippen molar-refractivity contribution in [1.29, 1.82) is 0 Å². The predicted octanol–water partition coefficient (Wildman–Crippen LogP) is 0.939. The molecule has 2 rings (SSSR count). The van der Waals surface area contributed by atoms with E-state index in [0.717, 1.165) is 11.3 Å². The number of nitrogens with two attached hydrogens (primary N) is 1. The summed E-state index contributed by atoms with van der Waals surface area (Å²) < 4.78 is 0. The zero-order chi connectivity index (χ0) is 13.3. The minimum atomic E-state index is -0.857. The summed E-state index contributed by atoms with van der Waals surface area (Å²) in [5.74, 6) is -1.18. The van der Waals surface area contributed by atoms with Gasteiger partial charge in [0, 0.05) is 18.2 Å². The molecule has 1 heterocycles. The van der Waals surface area contributed by atoms with Gasteiger partial charge in [-0.2, -0.15) is 0 Å². The van der Waals surface area contributed by atoms with Crippen LogP contribution in [-0.2, 0) is 9.59 Å². The lowest BCUT2D eigenvalue weighted by Gasteiger charge is -2.19. The minimum absolute atomic E-state index is 0.0275. The monoisotopic (exact) mass is 248 g/mol. The van der Waals surface area contributed by atoms with Gasteiger partial charge in [0.1, 0.15) is 0 Å². The van der Waals surface area contributed by atoms with E-state index in [4.69, 9.17) is 10.8 Å². The van der Waals surface area contributed by atoms with Gasteiger partial charge in [0.25, 0.3) is 0 Å². The van der Waals surface area contributed by atoms with Gasteiger partial charge in [-0.1, -0.05) is 18.2 Å². The molecule has 2 atom stereocenters. The molecule has 18 heavy (non-hydrogen) atoms. The number of rotatable bonds is 3. The lowest BCUT2D eigenvalue weighted by atomic mass is 9.98. The van der Waals surface area contributed by atoms with E-state index >= 15 is 0 Å². The van der Waals surface area contributed by atoms with Crippen LogP contribution in [0.2, 0.25) is 0 Å². The molecule has 96 valence electrons. The molecule has 1 aliphatic rings. The van der Waals surface area contributed by atoms with Crippen molar-refractivity contribution in [1.82, 2.24) is 0 Å². The van der Waals surface area contributed by atoms with Crippen LogP contribution in [0.5, 0.6) is 0 Å². The maximum atomic E-state index is 12.0. The SMILES string of the molecule is CC(N)C(=O)N1CC(CC(=O)O)c2ccccc21. The summed E-state index contributed by atoms with van der Waals surface area (Å²) in [4.78, 5) is 24.4.